The Hall–Kier alpha value is -1.78. The van der Waals surface area contributed by atoms with Gasteiger partial charge in [-0.3, -0.25) is 4.57 Å². The van der Waals surface area contributed by atoms with Gasteiger partial charge in [-0.2, -0.15) is 0 Å². The molecule has 0 atom stereocenters. The Balaban J connectivity index is 2.39. The largest absolute Gasteiger partial charge is 0.369 e. The third-order valence-electron chi connectivity index (χ3n) is 2.80. The number of nitrogens with two attached hydrogens (primary N) is 1. The van der Waals surface area contributed by atoms with E-state index in [1.54, 1.807) is 28.8 Å². The molecule has 0 unspecified atom stereocenters. The highest BCUT2D eigenvalue weighted by Crippen LogP contribution is 2.32. The Morgan fingerprint density at radius 3 is 2.63 bits per heavy atom. The molecule has 0 aliphatic carbocycles. The van der Waals surface area contributed by atoms with Gasteiger partial charge >= 0.3 is 0 Å². The highest BCUT2D eigenvalue weighted by Gasteiger charge is 2.15. The molecule has 19 heavy (non-hydrogen) atoms. The second-order valence-corrected chi connectivity index (χ2v) is 4.82. The zero-order valence-electron chi connectivity index (χ0n) is 9.57. The number of nitrogen functional groups attached to an aromatic ring is 1. The first-order valence-corrected chi connectivity index (χ1v) is 6.21. The summed E-state index contributed by atoms with van der Waals surface area (Å²) in [4.78, 5) is 4.22. The molecular weight excluding hydrogens is 288 g/mol. The van der Waals surface area contributed by atoms with Gasteiger partial charge in [-0.05, 0) is 30.3 Å². The molecule has 2 aromatic carbocycles. The van der Waals surface area contributed by atoms with E-state index in [1.165, 1.54) is 12.1 Å². The van der Waals surface area contributed by atoms with E-state index in [4.69, 9.17) is 28.9 Å². The van der Waals surface area contributed by atoms with Gasteiger partial charge < -0.3 is 5.73 Å². The Kier molecular flexibility index (Phi) is 2.84. The van der Waals surface area contributed by atoms with Crippen LogP contribution in [-0.2, 0) is 0 Å². The van der Waals surface area contributed by atoms with Crippen molar-refractivity contribution in [2.75, 3.05) is 5.73 Å². The smallest absolute Gasteiger partial charge is 0.206 e. The number of halogens is 3. The Labute approximate surface area is 118 Å². The van der Waals surface area contributed by atoms with Crippen molar-refractivity contribution >= 4 is 40.2 Å². The topological polar surface area (TPSA) is 43.8 Å². The normalized spacial score (nSPS) is 11.1. The van der Waals surface area contributed by atoms with Crippen LogP contribution in [0.5, 0.6) is 0 Å². The number of nitrogens with zero attached hydrogens (tertiary/aromatic N) is 2. The van der Waals surface area contributed by atoms with Crippen LogP contribution in [0.4, 0.5) is 10.3 Å². The fourth-order valence-corrected chi connectivity index (χ4v) is 2.52. The molecule has 0 aliphatic rings. The van der Waals surface area contributed by atoms with Crippen molar-refractivity contribution in [3.05, 3.63) is 52.3 Å². The summed E-state index contributed by atoms with van der Waals surface area (Å²) in [7, 11) is 0. The van der Waals surface area contributed by atoms with Crippen LogP contribution in [-0.4, -0.2) is 9.55 Å². The summed E-state index contributed by atoms with van der Waals surface area (Å²) < 4.78 is 14.7. The number of aromatic nitrogens is 2. The summed E-state index contributed by atoms with van der Waals surface area (Å²) in [5, 5.41) is 0.744. The molecule has 0 saturated heterocycles. The predicted molar refractivity (Wildman–Crippen MR) is 75.5 cm³/mol. The van der Waals surface area contributed by atoms with Gasteiger partial charge in [0.1, 0.15) is 5.82 Å². The molecule has 1 heterocycles. The molecule has 0 amide bonds. The summed E-state index contributed by atoms with van der Waals surface area (Å²) in [6.07, 6.45) is 0. The minimum absolute atomic E-state index is 0.242. The quantitative estimate of drug-likeness (QED) is 0.736. The van der Waals surface area contributed by atoms with Gasteiger partial charge in [-0.1, -0.05) is 29.3 Å². The van der Waals surface area contributed by atoms with Gasteiger partial charge in [0.05, 0.1) is 26.8 Å². The van der Waals surface area contributed by atoms with E-state index in [9.17, 15) is 4.39 Å². The third kappa shape index (κ3) is 1.93. The Bertz CT molecular complexity index is 783. The predicted octanol–water partition coefficient (Wildman–Crippen LogP) is 4.05. The number of hydrogen-bond donors (Lipinski definition) is 1. The van der Waals surface area contributed by atoms with Crippen LogP contribution in [0.1, 0.15) is 0 Å². The van der Waals surface area contributed by atoms with Gasteiger partial charge in [0.2, 0.25) is 5.95 Å². The number of para-hydroxylation sites is 1. The van der Waals surface area contributed by atoms with Crippen LogP contribution in [0.15, 0.2) is 36.4 Å². The molecule has 0 saturated carbocycles. The first-order valence-electron chi connectivity index (χ1n) is 5.46. The lowest BCUT2D eigenvalue weighted by Gasteiger charge is -2.09. The SMILES string of the molecule is Nc1nc2cccc(Cl)c2n1-c1ccc(F)cc1Cl. The summed E-state index contributed by atoms with van der Waals surface area (Å²) in [6.45, 7) is 0. The van der Waals surface area contributed by atoms with Crippen LogP contribution in [0.3, 0.4) is 0 Å². The number of anilines is 1. The second-order valence-electron chi connectivity index (χ2n) is 4.01. The number of fused-ring (bicyclic) bond motifs is 1. The Morgan fingerprint density at radius 2 is 1.89 bits per heavy atom. The van der Waals surface area contributed by atoms with Crippen molar-refractivity contribution in [2.24, 2.45) is 0 Å². The highest BCUT2D eigenvalue weighted by molar-refractivity contribution is 6.35. The standard InChI is InChI=1S/C13H8Cl2FN3/c14-8-2-1-3-10-12(8)19(13(17)18-10)11-5-4-7(16)6-9(11)15/h1-6H,(H2,17,18). The highest BCUT2D eigenvalue weighted by atomic mass is 35.5. The van der Waals surface area contributed by atoms with Crippen LogP contribution in [0.25, 0.3) is 16.7 Å². The number of rotatable bonds is 1. The second kappa shape index (κ2) is 4.40. The lowest BCUT2D eigenvalue weighted by Crippen LogP contribution is -2.01. The average molecular weight is 296 g/mol. The molecule has 6 heteroatoms. The molecule has 3 rings (SSSR count). The van der Waals surface area contributed by atoms with Crippen molar-refractivity contribution in [3.63, 3.8) is 0 Å². The molecule has 0 spiro atoms. The van der Waals surface area contributed by atoms with E-state index in [2.05, 4.69) is 4.98 Å². The fraction of sp³-hybridized carbons (Fsp3) is 0. The molecule has 96 valence electrons. The van der Waals surface area contributed by atoms with Gasteiger partial charge in [-0.25, -0.2) is 9.37 Å². The monoisotopic (exact) mass is 295 g/mol. The zero-order valence-corrected chi connectivity index (χ0v) is 11.1. The van der Waals surface area contributed by atoms with Crippen LogP contribution >= 0.6 is 23.2 Å². The van der Waals surface area contributed by atoms with Gasteiger partial charge in [0.25, 0.3) is 0 Å². The van der Waals surface area contributed by atoms with Crippen LogP contribution in [0.2, 0.25) is 10.0 Å². The van der Waals surface area contributed by atoms with Crippen molar-refractivity contribution in [2.45, 2.75) is 0 Å². The molecule has 0 bridgehead atoms. The van der Waals surface area contributed by atoms with Crippen molar-refractivity contribution in [1.82, 2.24) is 9.55 Å². The van der Waals surface area contributed by atoms with Crippen LogP contribution < -0.4 is 5.73 Å². The minimum atomic E-state index is -0.414. The minimum Gasteiger partial charge on any atom is -0.369 e. The van der Waals surface area contributed by atoms with Gasteiger partial charge in [-0.15, -0.1) is 0 Å². The number of hydrogen-bond acceptors (Lipinski definition) is 2. The first kappa shape index (κ1) is 12.3. The molecular formula is C13H8Cl2FN3. The van der Waals surface area contributed by atoms with Crippen molar-refractivity contribution < 1.29 is 4.39 Å². The average Bonchev–Trinajstić information content (AvgIpc) is 2.67. The Morgan fingerprint density at radius 1 is 1.11 bits per heavy atom. The maximum absolute atomic E-state index is 13.1. The maximum Gasteiger partial charge on any atom is 0.206 e. The van der Waals surface area contributed by atoms with Crippen molar-refractivity contribution in [3.8, 4) is 5.69 Å². The molecule has 0 aliphatic heterocycles. The van der Waals surface area contributed by atoms with E-state index < -0.39 is 5.82 Å². The number of imidazole rings is 1. The number of benzene rings is 2. The van der Waals surface area contributed by atoms with E-state index in [0.29, 0.717) is 21.7 Å². The summed E-state index contributed by atoms with van der Waals surface area (Å²) >= 11 is 12.2. The maximum atomic E-state index is 13.1. The van der Waals surface area contributed by atoms with E-state index in [0.717, 1.165) is 0 Å². The van der Waals surface area contributed by atoms with E-state index >= 15 is 0 Å². The molecule has 3 nitrogen and oxygen atoms in total. The lowest BCUT2D eigenvalue weighted by molar-refractivity contribution is 0.627. The lowest BCUT2D eigenvalue weighted by atomic mass is 10.2. The van der Waals surface area contributed by atoms with Gasteiger partial charge in [0.15, 0.2) is 0 Å². The first-order chi connectivity index (χ1) is 9.08. The summed E-state index contributed by atoms with van der Waals surface area (Å²) in [6, 6.07) is 9.39. The zero-order chi connectivity index (χ0) is 13.6. The summed E-state index contributed by atoms with van der Waals surface area (Å²) in [5.74, 6) is -0.167. The molecule has 0 fully saturated rings. The molecule has 0 radical (unpaired) electrons. The van der Waals surface area contributed by atoms with Gasteiger partial charge in [0, 0.05) is 0 Å². The van der Waals surface area contributed by atoms with E-state index in [-0.39, 0.29) is 11.0 Å². The molecule has 2 N–H and O–H groups in total. The van der Waals surface area contributed by atoms with E-state index in [1.807, 2.05) is 0 Å². The molecule has 3 aromatic rings. The van der Waals surface area contributed by atoms with Crippen LogP contribution in [0, 0.1) is 5.82 Å². The third-order valence-corrected chi connectivity index (χ3v) is 3.41. The summed E-state index contributed by atoms with van der Waals surface area (Å²) in [5.41, 5.74) is 7.75. The fourth-order valence-electron chi connectivity index (χ4n) is 2.01. The van der Waals surface area contributed by atoms with Crippen molar-refractivity contribution in [1.29, 1.82) is 0 Å². The molecule has 1 aromatic heterocycles.